The highest BCUT2D eigenvalue weighted by molar-refractivity contribution is 5.94. The average molecular weight is 404 g/mol. The van der Waals surface area contributed by atoms with Crippen LogP contribution in [0.5, 0.6) is 5.75 Å². The molecule has 2 amide bonds. The molecule has 0 fully saturated rings. The van der Waals surface area contributed by atoms with E-state index in [0.717, 1.165) is 0 Å². The Morgan fingerprint density at radius 2 is 2.00 bits per heavy atom. The fraction of sp³-hybridized carbons (Fsp3) is 0.400. The third-order valence-corrected chi connectivity index (χ3v) is 4.94. The van der Waals surface area contributed by atoms with E-state index < -0.39 is 17.2 Å². The van der Waals surface area contributed by atoms with Crippen molar-refractivity contribution in [3.63, 3.8) is 0 Å². The molecule has 3 rings (SSSR count). The van der Waals surface area contributed by atoms with Gasteiger partial charge in [0.1, 0.15) is 11.6 Å². The number of aryl methyl sites for hydroxylation is 1. The third-order valence-electron chi connectivity index (χ3n) is 4.94. The van der Waals surface area contributed by atoms with Crippen molar-refractivity contribution in [2.75, 3.05) is 7.05 Å². The number of benzene rings is 1. The molecule has 0 spiro atoms. The van der Waals surface area contributed by atoms with Crippen molar-refractivity contribution in [2.24, 2.45) is 0 Å². The SMILES string of the molecule is C.CC(=O)N(C)C1CCc2nc(C(=O)NCc3ccc(F)cc3)c(O)c(=O)n2C1. The molecule has 9 heteroatoms. The minimum Gasteiger partial charge on any atom is -0.501 e. The van der Waals surface area contributed by atoms with E-state index in [1.165, 1.54) is 35.8 Å². The summed E-state index contributed by atoms with van der Waals surface area (Å²) in [6.07, 6.45) is 1.000. The van der Waals surface area contributed by atoms with Crippen molar-refractivity contribution in [1.82, 2.24) is 19.8 Å². The van der Waals surface area contributed by atoms with Gasteiger partial charge in [-0.2, -0.15) is 0 Å². The van der Waals surface area contributed by atoms with Gasteiger partial charge in [0.15, 0.2) is 5.69 Å². The van der Waals surface area contributed by atoms with Gasteiger partial charge in [-0.1, -0.05) is 19.6 Å². The summed E-state index contributed by atoms with van der Waals surface area (Å²) in [6, 6.07) is 5.42. The van der Waals surface area contributed by atoms with E-state index in [1.54, 1.807) is 11.9 Å². The van der Waals surface area contributed by atoms with Gasteiger partial charge in [0.05, 0.1) is 0 Å². The first-order valence-electron chi connectivity index (χ1n) is 8.86. The highest BCUT2D eigenvalue weighted by Gasteiger charge is 2.28. The lowest BCUT2D eigenvalue weighted by molar-refractivity contribution is -0.130. The average Bonchev–Trinajstić information content (AvgIpc) is 2.69. The minimum absolute atomic E-state index is 0. The number of amides is 2. The van der Waals surface area contributed by atoms with Crippen molar-refractivity contribution < 1.29 is 19.1 Å². The number of fused-ring (bicyclic) bond motifs is 1. The topological polar surface area (TPSA) is 105 Å². The number of aromatic nitrogens is 2. The Bertz CT molecular complexity index is 972. The molecule has 29 heavy (non-hydrogen) atoms. The summed E-state index contributed by atoms with van der Waals surface area (Å²) in [5, 5.41) is 12.8. The van der Waals surface area contributed by atoms with Crippen LogP contribution in [0.4, 0.5) is 4.39 Å². The summed E-state index contributed by atoms with van der Waals surface area (Å²) in [5.41, 5.74) is -0.380. The molecule has 2 N–H and O–H groups in total. The summed E-state index contributed by atoms with van der Waals surface area (Å²) >= 11 is 0. The first kappa shape index (κ1) is 22.1. The van der Waals surface area contributed by atoms with Crippen molar-refractivity contribution in [2.45, 2.75) is 46.3 Å². The summed E-state index contributed by atoms with van der Waals surface area (Å²) < 4.78 is 14.2. The smallest absolute Gasteiger partial charge is 0.296 e. The van der Waals surface area contributed by atoms with Gasteiger partial charge < -0.3 is 15.3 Å². The minimum atomic E-state index is -0.730. The van der Waals surface area contributed by atoms with E-state index in [1.807, 2.05) is 0 Å². The predicted molar refractivity (Wildman–Crippen MR) is 105 cm³/mol. The molecular weight excluding hydrogens is 379 g/mol. The second-order valence-electron chi connectivity index (χ2n) is 6.77. The fourth-order valence-electron chi connectivity index (χ4n) is 3.17. The maximum Gasteiger partial charge on any atom is 0.296 e. The number of likely N-dealkylation sites (N-methyl/N-ethyl adjacent to an activating group) is 1. The second-order valence-corrected chi connectivity index (χ2v) is 6.77. The molecule has 0 saturated carbocycles. The number of rotatable bonds is 4. The van der Waals surface area contributed by atoms with E-state index in [-0.39, 0.29) is 44.0 Å². The molecule has 1 atom stereocenters. The van der Waals surface area contributed by atoms with Crippen LogP contribution in [0.3, 0.4) is 0 Å². The fourth-order valence-corrected chi connectivity index (χ4v) is 3.17. The molecule has 0 saturated heterocycles. The zero-order valence-electron chi connectivity index (χ0n) is 15.6. The van der Waals surface area contributed by atoms with Crippen LogP contribution in [-0.2, 0) is 24.3 Å². The lowest BCUT2D eigenvalue weighted by atomic mass is 10.0. The van der Waals surface area contributed by atoms with Crippen LogP contribution in [0.1, 0.15) is 42.6 Å². The Kier molecular flexibility index (Phi) is 6.73. The van der Waals surface area contributed by atoms with Crippen molar-refractivity contribution >= 4 is 11.8 Å². The number of hydrogen-bond donors (Lipinski definition) is 2. The highest BCUT2D eigenvalue weighted by atomic mass is 19.1. The molecule has 0 bridgehead atoms. The van der Waals surface area contributed by atoms with Gasteiger partial charge in [-0.3, -0.25) is 19.0 Å². The number of hydrogen-bond acceptors (Lipinski definition) is 5. The van der Waals surface area contributed by atoms with E-state index >= 15 is 0 Å². The Labute approximate surface area is 168 Å². The van der Waals surface area contributed by atoms with Crippen LogP contribution in [0.2, 0.25) is 0 Å². The highest BCUT2D eigenvalue weighted by Crippen LogP contribution is 2.19. The number of carbonyl (C=O) groups is 2. The molecule has 2 heterocycles. The summed E-state index contributed by atoms with van der Waals surface area (Å²) in [4.78, 5) is 42.2. The molecule has 1 aliphatic heterocycles. The number of aromatic hydroxyl groups is 1. The molecule has 156 valence electrons. The Hall–Kier alpha value is -3.23. The summed E-state index contributed by atoms with van der Waals surface area (Å²) in [7, 11) is 1.66. The second kappa shape index (κ2) is 8.85. The standard InChI is InChI=1S/C19H21FN4O4.CH4/c1-11(25)23(2)14-7-8-15-22-16(17(26)19(28)24(15)10-14)18(27)21-9-12-3-5-13(20)6-4-12;/h3-6,14,26H,7-10H2,1-2H3,(H,21,27);1H4. The van der Waals surface area contributed by atoms with Crippen LogP contribution in [-0.4, -0.2) is 44.5 Å². The van der Waals surface area contributed by atoms with Crippen molar-refractivity contribution in [1.29, 1.82) is 0 Å². The molecule has 1 aliphatic rings. The lowest BCUT2D eigenvalue weighted by Gasteiger charge is -2.32. The van der Waals surface area contributed by atoms with Gasteiger partial charge in [-0.05, 0) is 24.1 Å². The van der Waals surface area contributed by atoms with Gasteiger partial charge in [-0.25, -0.2) is 9.37 Å². The van der Waals surface area contributed by atoms with E-state index in [0.29, 0.717) is 24.2 Å². The Morgan fingerprint density at radius 3 is 2.62 bits per heavy atom. The Balaban J connectivity index is 0.00000300. The van der Waals surface area contributed by atoms with E-state index in [9.17, 15) is 23.9 Å². The summed E-state index contributed by atoms with van der Waals surface area (Å²) in [5.74, 6) is -1.53. The number of carbonyl (C=O) groups excluding carboxylic acids is 2. The molecule has 8 nitrogen and oxygen atoms in total. The van der Waals surface area contributed by atoms with E-state index in [2.05, 4.69) is 10.3 Å². The number of halogens is 1. The van der Waals surface area contributed by atoms with Crippen LogP contribution in [0.15, 0.2) is 29.1 Å². The van der Waals surface area contributed by atoms with Gasteiger partial charge in [0, 0.05) is 39.5 Å². The first-order valence-corrected chi connectivity index (χ1v) is 8.86. The van der Waals surface area contributed by atoms with Crippen molar-refractivity contribution in [3.8, 4) is 5.75 Å². The van der Waals surface area contributed by atoms with Gasteiger partial charge in [0.2, 0.25) is 11.7 Å². The molecule has 1 unspecified atom stereocenters. The quantitative estimate of drug-likeness (QED) is 0.803. The predicted octanol–water partition coefficient (Wildman–Crippen LogP) is 1.45. The van der Waals surface area contributed by atoms with Gasteiger partial charge in [-0.15, -0.1) is 0 Å². The zero-order valence-corrected chi connectivity index (χ0v) is 15.6. The summed E-state index contributed by atoms with van der Waals surface area (Å²) in [6.45, 7) is 1.76. The van der Waals surface area contributed by atoms with Crippen LogP contribution < -0.4 is 10.9 Å². The van der Waals surface area contributed by atoms with Crippen LogP contribution in [0, 0.1) is 5.82 Å². The van der Waals surface area contributed by atoms with E-state index in [4.69, 9.17) is 0 Å². The molecular formula is C20H25FN4O4. The third kappa shape index (κ3) is 4.61. The number of nitrogens with one attached hydrogen (secondary N) is 1. The van der Waals surface area contributed by atoms with Crippen LogP contribution >= 0.6 is 0 Å². The zero-order chi connectivity index (χ0) is 20.4. The molecule has 0 radical (unpaired) electrons. The maximum atomic E-state index is 12.9. The maximum absolute atomic E-state index is 12.9. The van der Waals surface area contributed by atoms with Gasteiger partial charge in [0.25, 0.3) is 11.5 Å². The lowest BCUT2D eigenvalue weighted by Crippen LogP contribution is -2.45. The van der Waals surface area contributed by atoms with Crippen LogP contribution in [0.25, 0.3) is 0 Å². The molecule has 1 aromatic heterocycles. The van der Waals surface area contributed by atoms with Gasteiger partial charge >= 0.3 is 0 Å². The molecule has 2 aromatic rings. The van der Waals surface area contributed by atoms with Crippen molar-refractivity contribution in [3.05, 3.63) is 57.5 Å². The molecule has 0 aliphatic carbocycles. The monoisotopic (exact) mass is 404 g/mol. The first-order chi connectivity index (χ1) is 13.3. The normalized spacial score (nSPS) is 15.1. The molecule has 1 aromatic carbocycles. The Morgan fingerprint density at radius 1 is 1.34 bits per heavy atom. The largest absolute Gasteiger partial charge is 0.501 e. The number of nitrogens with zero attached hydrogens (tertiary/aromatic N) is 3.